The summed E-state index contributed by atoms with van der Waals surface area (Å²) in [7, 11) is 0. The topological polar surface area (TPSA) is 41.6 Å². The van der Waals surface area contributed by atoms with E-state index in [0.29, 0.717) is 19.1 Å². The van der Waals surface area contributed by atoms with Crippen molar-refractivity contribution in [2.24, 2.45) is 0 Å². The molecule has 4 nitrogen and oxygen atoms in total. The van der Waals surface area contributed by atoms with E-state index in [0.717, 1.165) is 51.9 Å². The Kier molecular flexibility index (Phi) is 10.7. The van der Waals surface area contributed by atoms with E-state index >= 15 is 0 Å². The van der Waals surface area contributed by atoms with Gasteiger partial charge < -0.3 is 15.0 Å². The van der Waals surface area contributed by atoms with Gasteiger partial charge in [0.15, 0.2) is 0 Å². The maximum absolute atomic E-state index is 12.4. The molecule has 0 bridgehead atoms. The molecule has 1 heterocycles. The van der Waals surface area contributed by atoms with Crippen LogP contribution in [0.1, 0.15) is 38.2 Å². The van der Waals surface area contributed by atoms with Crippen LogP contribution in [0.4, 0.5) is 0 Å². The van der Waals surface area contributed by atoms with E-state index in [1.165, 1.54) is 5.56 Å². The van der Waals surface area contributed by atoms with Crippen molar-refractivity contribution < 1.29 is 9.53 Å². The Hall–Kier alpha value is -1.10. The van der Waals surface area contributed by atoms with Gasteiger partial charge in [-0.1, -0.05) is 37.3 Å². The van der Waals surface area contributed by atoms with Crippen molar-refractivity contribution in [2.75, 3.05) is 32.8 Å². The number of carbonyl (C=O) groups excluding carboxylic acids is 1. The third-order valence-corrected chi connectivity index (χ3v) is 4.32. The first-order valence-corrected chi connectivity index (χ1v) is 8.93. The molecule has 0 aromatic heterocycles. The fourth-order valence-corrected chi connectivity index (χ4v) is 3.06. The van der Waals surface area contributed by atoms with Gasteiger partial charge >= 0.3 is 0 Å². The molecular formula is C19H31ClN2O2. The van der Waals surface area contributed by atoms with E-state index in [9.17, 15) is 4.79 Å². The van der Waals surface area contributed by atoms with Gasteiger partial charge in [-0.2, -0.15) is 0 Å². The minimum absolute atomic E-state index is 0. The lowest BCUT2D eigenvalue weighted by molar-refractivity contribution is -0.133. The van der Waals surface area contributed by atoms with Crippen molar-refractivity contribution in [3.8, 4) is 0 Å². The minimum Gasteiger partial charge on any atom is -0.381 e. The molecule has 1 aliphatic heterocycles. The second-order valence-corrected chi connectivity index (χ2v) is 6.19. The van der Waals surface area contributed by atoms with Crippen molar-refractivity contribution >= 4 is 18.3 Å². The van der Waals surface area contributed by atoms with Gasteiger partial charge in [0.25, 0.3) is 0 Å². The highest BCUT2D eigenvalue weighted by atomic mass is 35.5. The SMILES string of the molecule is CCCN(C(=O)CCCOCCc1ccccc1)C1CCNC1.Cl. The first-order chi connectivity index (χ1) is 11.3. The van der Waals surface area contributed by atoms with Crippen molar-refractivity contribution in [3.05, 3.63) is 35.9 Å². The van der Waals surface area contributed by atoms with Crippen LogP contribution in [0, 0.1) is 0 Å². The summed E-state index contributed by atoms with van der Waals surface area (Å²) in [4.78, 5) is 14.5. The molecule has 0 spiro atoms. The number of nitrogens with one attached hydrogen (secondary N) is 1. The third kappa shape index (κ3) is 7.20. The Balaban J connectivity index is 0.00000288. The van der Waals surface area contributed by atoms with Crippen LogP contribution in [-0.2, 0) is 16.0 Å². The molecule has 1 atom stereocenters. The number of hydrogen-bond acceptors (Lipinski definition) is 3. The first kappa shape index (κ1) is 20.9. The van der Waals surface area contributed by atoms with Gasteiger partial charge in [0.2, 0.25) is 5.91 Å². The third-order valence-electron chi connectivity index (χ3n) is 4.32. The van der Waals surface area contributed by atoms with Crippen molar-refractivity contribution in [2.45, 2.75) is 45.1 Å². The molecule has 1 aromatic carbocycles. The number of nitrogens with zero attached hydrogens (tertiary/aromatic N) is 1. The van der Waals surface area contributed by atoms with Crippen LogP contribution in [0.3, 0.4) is 0 Å². The van der Waals surface area contributed by atoms with Gasteiger partial charge in [0.1, 0.15) is 0 Å². The molecule has 136 valence electrons. The second-order valence-electron chi connectivity index (χ2n) is 6.19. The van der Waals surface area contributed by atoms with Crippen LogP contribution in [0.2, 0.25) is 0 Å². The van der Waals surface area contributed by atoms with Gasteiger partial charge in [-0.05, 0) is 37.8 Å². The number of ether oxygens (including phenoxy) is 1. The Bertz CT molecular complexity index is 450. The maximum Gasteiger partial charge on any atom is 0.222 e. The van der Waals surface area contributed by atoms with Crippen molar-refractivity contribution in [3.63, 3.8) is 0 Å². The summed E-state index contributed by atoms with van der Waals surface area (Å²) >= 11 is 0. The van der Waals surface area contributed by atoms with Crippen LogP contribution >= 0.6 is 12.4 Å². The molecule has 2 rings (SSSR count). The van der Waals surface area contributed by atoms with E-state index in [1.807, 2.05) is 18.2 Å². The highest BCUT2D eigenvalue weighted by Crippen LogP contribution is 2.12. The van der Waals surface area contributed by atoms with E-state index in [-0.39, 0.29) is 18.3 Å². The summed E-state index contributed by atoms with van der Waals surface area (Å²) in [5, 5.41) is 3.35. The second kappa shape index (κ2) is 12.3. The quantitative estimate of drug-likeness (QED) is 0.656. The van der Waals surface area contributed by atoms with Crippen LogP contribution in [-0.4, -0.2) is 49.7 Å². The van der Waals surface area contributed by atoms with Crippen LogP contribution in [0.5, 0.6) is 0 Å². The van der Waals surface area contributed by atoms with E-state index in [1.54, 1.807) is 0 Å². The molecule has 1 N–H and O–H groups in total. The molecule has 1 aromatic rings. The fraction of sp³-hybridized carbons (Fsp3) is 0.632. The lowest BCUT2D eigenvalue weighted by Crippen LogP contribution is -2.42. The maximum atomic E-state index is 12.4. The van der Waals surface area contributed by atoms with Gasteiger partial charge in [0, 0.05) is 32.2 Å². The predicted molar refractivity (Wildman–Crippen MR) is 101 cm³/mol. The predicted octanol–water partition coefficient (Wildman–Crippen LogP) is 3.05. The Labute approximate surface area is 152 Å². The number of hydrogen-bond donors (Lipinski definition) is 1. The summed E-state index contributed by atoms with van der Waals surface area (Å²) < 4.78 is 5.67. The van der Waals surface area contributed by atoms with Crippen molar-refractivity contribution in [1.29, 1.82) is 0 Å². The van der Waals surface area contributed by atoms with Crippen LogP contribution in [0.15, 0.2) is 30.3 Å². The monoisotopic (exact) mass is 354 g/mol. The van der Waals surface area contributed by atoms with Gasteiger partial charge in [0.05, 0.1) is 6.61 Å². The van der Waals surface area contributed by atoms with Gasteiger partial charge in [-0.15, -0.1) is 12.4 Å². The zero-order valence-electron chi connectivity index (χ0n) is 14.7. The van der Waals surface area contributed by atoms with E-state index in [2.05, 4.69) is 29.3 Å². The zero-order chi connectivity index (χ0) is 16.3. The highest BCUT2D eigenvalue weighted by molar-refractivity contribution is 5.85. The standard InChI is InChI=1S/C19H30N2O2.ClH/c1-2-13-21(18-10-12-20-16-18)19(22)9-6-14-23-15-11-17-7-4-3-5-8-17;/h3-5,7-8,18,20H,2,6,9-16H2,1H3;1H. The van der Waals surface area contributed by atoms with Crippen molar-refractivity contribution in [1.82, 2.24) is 10.2 Å². The number of amides is 1. The first-order valence-electron chi connectivity index (χ1n) is 8.93. The lowest BCUT2D eigenvalue weighted by Gasteiger charge is -2.28. The summed E-state index contributed by atoms with van der Waals surface area (Å²) in [5.74, 6) is 0.284. The van der Waals surface area contributed by atoms with E-state index in [4.69, 9.17) is 4.74 Å². The molecule has 1 unspecified atom stereocenters. The Morgan fingerprint density at radius 1 is 1.29 bits per heavy atom. The van der Waals surface area contributed by atoms with Crippen LogP contribution < -0.4 is 5.32 Å². The molecule has 5 heteroatoms. The smallest absolute Gasteiger partial charge is 0.222 e. The number of rotatable bonds is 10. The largest absolute Gasteiger partial charge is 0.381 e. The van der Waals surface area contributed by atoms with Gasteiger partial charge in [-0.3, -0.25) is 4.79 Å². The molecule has 1 aliphatic rings. The molecule has 1 amide bonds. The van der Waals surface area contributed by atoms with E-state index < -0.39 is 0 Å². The summed E-state index contributed by atoms with van der Waals surface area (Å²) in [6.07, 6.45) is 4.45. The normalized spacial score (nSPS) is 16.6. The molecule has 1 fully saturated rings. The lowest BCUT2D eigenvalue weighted by atomic mass is 10.1. The average Bonchev–Trinajstić information content (AvgIpc) is 3.10. The molecule has 0 radical (unpaired) electrons. The fourth-order valence-electron chi connectivity index (χ4n) is 3.06. The molecule has 0 aliphatic carbocycles. The highest BCUT2D eigenvalue weighted by Gasteiger charge is 2.25. The summed E-state index contributed by atoms with van der Waals surface area (Å²) in [6, 6.07) is 10.7. The van der Waals surface area contributed by atoms with Gasteiger partial charge in [-0.25, -0.2) is 0 Å². The number of carbonyl (C=O) groups is 1. The zero-order valence-corrected chi connectivity index (χ0v) is 15.5. The summed E-state index contributed by atoms with van der Waals surface area (Å²) in [5.41, 5.74) is 1.30. The summed E-state index contributed by atoms with van der Waals surface area (Å²) in [6.45, 7) is 6.38. The molecule has 24 heavy (non-hydrogen) atoms. The number of benzene rings is 1. The van der Waals surface area contributed by atoms with Crippen LogP contribution in [0.25, 0.3) is 0 Å². The Morgan fingerprint density at radius 2 is 2.08 bits per heavy atom. The Morgan fingerprint density at radius 3 is 2.75 bits per heavy atom. The molecule has 0 saturated carbocycles. The minimum atomic E-state index is 0. The average molecular weight is 355 g/mol. The molecular weight excluding hydrogens is 324 g/mol. The molecule has 1 saturated heterocycles. The number of halogens is 1.